The first-order valence-corrected chi connectivity index (χ1v) is 8.49. The molecule has 0 aromatic heterocycles. The number of rotatable bonds is 3. The lowest BCUT2D eigenvalue weighted by atomic mass is 9.95. The monoisotopic (exact) mass is 369 g/mol. The Morgan fingerprint density at radius 2 is 1.83 bits per heavy atom. The van der Waals surface area contributed by atoms with Crippen LogP contribution >= 0.6 is 23.2 Å². The van der Waals surface area contributed by atoms with Crippen molar-refractivity contribution >= 4 is 46.6 Å². The molecule has 1 unspecified atom stereocenters. The fourth-order valence-electron chi connectivity index (χ4n) is 3.31. The molecule has 3 amide bonds. The van der Waals surface area contributed by atoms with E-state index in [0.29, 0.717) is 36.6 Å². The molecule has 2 aliphatic rings. The molecular formula is C16H17Cl2N3O3. The number of imide groups is 1. The molecule has 0 spiro atoms. The third-order valence-corrected chi connectivity index (χ3v) is 5.18. The first kappa shape index (κ1) is 17.2. The molecule has 0 saturated carbocycles. The zero-order valence-corrected chi connectivity index (χ0v) is 14.4. The lowest BCUT2D eigenvalue weighted by molar-refractivity contribution is -0.124. The Kier molecular flexibility index (Phi) is 4.80. The van der Waals surface area contributed by atoms with Crippen molar-refractivity contribution in [1.29, 1.82) is 0 Å². The number of hydrogen-bond donors (Lipinski definition) is 1. The second kappa shape index (κ2) is 6.70. The second-order valence-corrected chi connectivity index (χ2v) is 6.94. The van der Waals surface area contributed by atoms with Crippen molar-refractivity contribution in [3.63, 3.8) is 0 Å². The molecule has 24 heavy (non-hydrogen) atoms. The SMILES string of the molecule is NC(=O)C1CCN(C2CC(=O)N(c3ccc(Cl)cc3Cl)C2=O)CC1. The zero-order chi connectivity index (χ0) is 17.4. The van der Waals surface area contributed by atoms with Crippen LogP contribution in [0.15, 0.2) is 18.2 Å². The van der Waals surface area contributed by atoms with E-state index in [9.17, 15) is 14.4 Å². The molecule has 1 aromatic carbocycles. The van der Waals surface area contributed by atoms with Gasteiger partial charge in [0, 0.05) is 10.9 Å². The summed E-state index contributed by atoms with van der Waals surface area (Å²) in [6.45, 7) is 1.14. The maximum Gasteiger partial charge on any atom is 0.251 e. The standard InChI is InChI=1S/C16H17Cl2N3O3/c17-10-1-2-12(11(18)7-10)21-14(22)8-13(16(21)24)20-5-3-9(4-6-20)15(19)23/h1-2,7,9,13H,3-6,8H2,(H2,19,23). The van der Waals surface area contributed by atoms with Gasteiger partial charge >= 0.3 is 0 Å². The van der Waals surface area contributed by atoms with Crippen molar-refractivity contribution in [2.45, 2.75) is 25.3 Å². The van der Waals surface area contributed by atoms with E-state index in [2.05, 4.69) is 0 Å². The van der Waals surface area contributed by atoms with E-state index >= 15 is 0 Å². The van der Waals surface area contributed by atoms with E-state index in [1.807, 2.05) is 4.90 Å². The minimum absolute atomic E-state index is 0.110. The quantitative estimate of drug-likeness (QED) is 0.823. The molecule has 2 saturated heterocycles. The number of piperidine rings is 1. The molecule has 2 heterocycles. The lowest BCUT2D eigenvalue weighted by Crippen LogP contribution is -2.47. The normalized spacial score (nSPS) is 23.1. The molecule has 0 radical (unpaired) electrons. The molecule has 1 aromatic rings. The average Bonchev–Trinajstić information content (AvgIpc) is 2.83. The van der Waals surface area contributed by atoms with Crippen molar-refractivity contribution in [3.8, 4) is 0 Å². The van der Waals surface area contributed by atoms with E-state index in [-0.39, 0.29) is 35.1 Å². The summed E-state index contributed by atoms with van der Waals surface area (Å²) in [6, 6.07) is 4.15. The summed E-state index contributed by atoms with van der Waals surface area (Å²) in [7, 11) is 0. The van der Waals surface area contributed by atoms with Crippen molar-refractivity contribution < 1.29 is 14.4 Å². The highest BCUT2D eigenvalue weighted by Crippen LogP contribution is 2.34. The van der Waals surface area contributed by atoms with Gasteiger partial charge in [0.2, 0.25) is 11.8 Å². The second-order valence-electron chi connectivity index (χ2n) is 6.10. The van der Waals surface area contributed by atoms with Crippen LogP contribution in [0.3, 0.4) is 0 Å². The third kappa shape index (κ3) is 3.14. The van der Waals surface area contributed by atoms with E-state index in [1.54, 1.807) is 12.1 Å². The highest BCUT2D eigenvalue weighted by Gasteiger charge is 2.44. The van der Waals surface area contributed by atoms with Gasteiger partial charge in [-0.15, -0.1) is 0 Å². The summed E-state index contributed by atoms with van der Waals surface area (Å²) in [6.07, 6.45) is 1.32. The van der Waals surface area contributed by atoms with Crippen LogP contribution in [-0.4, -0.2) is 41.8 Å². The fraction of sp³-hybridized carbons (Fsp3) is 0.438. The molecule has 0 bridgehead atoms. The Hall–Kier alpha value is -1.63. The summed E-state index contributed by atoms with van der Waals surface area (Å²) < 4.78 is 0. The van der Waals surface area contributed by atoms with Crippen LogP contribution in [0.1, 0.15) is 19.3 Å². The average molecular weight is 370 g/mol. The number of likely N-dealkylation sites (tertiary alicyclic amines) is 1. The minimum Gasteiger partial charge on any atom is -0.369 e. The molecule has 128 valence electrons. The van der Waals surface area contributed by atoms with Crippen molar-refractivity contribution in [1.82, 2.24) is 4.90 Å². The van der Waals surface area contributed by atoms with Gasteiger partial charge in [-0.3, -0.25) is 19.3 Å². The summed E-state index contributed by atoms with van der Waals surface area (Å²) in [5, 5.41) is 0.699. The summed E-state index contributed by atoms with van der Waals surface area (Å²) in [5.41, 5.74) is 5.68. The maximum absolute atomic E-state index is 12.7. The van der Waals surface area contributed by atoms with Crippen molar-refractivity contribution in [2.24, 2.45) is 11.7 Å². The Morgan fingerprint density at radius 1 is 1.17 bits per heavy atom. The van der Waals surface area contributed by atoms with Crippen LogP contribution in [0.5, 0.6) is 0 Å². The minimum atomic E-state index is -0.516. The van der Waals surface area contributed by atoms with Crippen LogP contribution < -0.4 is 10.6 Å². The maximum atomic E-state index is 12.7. The number of nitrogens with zero attached hydrogens (tertiary/aromatic N) is 2. The number of halogens is 2. The summed E-state index contributed by atoms with van der Waals surface area (Å²) in [5.74, 6) is -1.04. The van der Waals surface area contributed by atoms with Gasteiger partial charge in [0.15, 0.2) is 0 Å². The Bertz CT molecular complexity index is 702. The predicted octanol–water partition coefficient (Wildman–Crippen LogP) is 1.82. The molecule has 8 heteroatoms. The number of anilines is 1. The van der Waals surface area contributed by atoms with E-state index in [0.717, 1.165) is 4.90 Å². The van der Waals surface area contributed by atoms with Gasteiger partial charge in [-0.2, -0.15) is 0 Å². The van der Waals surface area contributed by atoms with Gasteiger partial charge in [0.1, 0.15) is 0 Å². The highest BCUT2D eigenvalue weighted by atomic mass is 35.5. The van der Waals surface area contributed by atoms with Gasteiger partial charge in [0.25, 0.3) is 5.91 Å². The van der Waals surface area contributed by atoms with Crippen LogP contribution in [0.2, 0.25) is 10.0 Å². The van der Waals surface area contributed by atoms with E-state index < -0.39 is 6.04 Å². The fourth-order valence-corrected chi connectivity index (χ4v) is 3.81. The first-order valence-electron chi connectivity index (χ1n) is 7.73. The first-order chi connectivity index (χ1) is 11.4. The Balaban J connectivity index is 1.76. The summed E-state index contributed by atoms with van der Waals surface area (Å²) >= 11 is 12.0. The molecular weight excluding hydrogens is 353 g/mol. The molecule has 2 aliphatic heterocycles. The lowest BCUT2D eigenvalue weighted by Gasteiger charge is -2.33. The van der Waals surface area contributed by atoms with Gasteiger partial charge < -0.3 is 5.73 Å². The smallest absolute Gasteiger partial charge is 0.251 e. The summed E-state index contributed by atoms with van der Waals surface area (Å²) in [4.78, 5) is 39.4. The molecule has 2 N–H and O–H groups in total. The molecule has 6 nitrogen and oxygen atoms in total. The topological polar surface area (TPSA) is 83.7 Å². The molecule has 0 aliphatic carbocycles. The largest absolute Gasteiger partial charge is 0.369 e. The van der Waals surface area contributed by atoms with Crippen LogP contribution in [0.4, 0.5) is 5.69 Å². The zero-order valence-electron chi connectivity index (χ0n) is 12.9. The molecule has 2 fully saturated rings. The highest BCUT2D eigenvalue weighted by molar-refractivity contribution is 6.38. The number of benzene rings is 1. The number of amides is 3. The third-order valence-electron chi connectivity index (χ3n) is 4.65. The van der Waals surface area contributed by atoms with Crippen LogP contribution in [0, 0.1) is 5.92 Å². The van der Waals surface area contributed by atoms with Gasteiger partial charge in [0.05, 0.1) is 23.2 Å². The number of carbonyl (C=O) groups is 3. The van der Waals surface area contributed by atoms with Gasteiger partial charge in [-0.05, 0) is 44.1 Å². The Labute approximate surface area is 149 Å². The van der Waals surface area contributed by atoms with Crippen LogP contribution in [-0.2, 0) is 14.4 Å². The van der Waals surface area contributed by atoms with Crippen LogP contribution in [0.25, 0.3) is 0 Å². The number of nitrogens with two attached hydrogens (primary N) is 1. The number of hydrogen-bond acceptors (Lipinski definition) is 4. The molecule has 1 atom stereocenters. The van der Waals surface area contributed by atoms with E-state index in [1.165, 1.54) is 6.07 Å². The molecule has 3 rings (SSSR count). The predicted molar refractivity (Wildman–Crippen MR) is 90.9 cm³/mol. The Morgan fingerprint density at radius 3 is 2.42 bits per heavy atom. The number of carbonyl (C=O) groups excluding carboxylic acids is 3. The van der Waals surface area contributed by atoms with Crippen molar-refractivity contribution in [3.05, 3.63) is 28.2 Å². The van der Waals surface area contributed by atoms with E-state index in [4.69, 9.17) is 28.9 Å². The number of primary amides is 1. The van der Waals surface area contributed by atoms with Gasteiger partial charge in [-0.25, -0.2) is 4.90 Å². The van der Waals surface area contributed by atoms with Gasteiger partial charge in [-0.1, -0.05) is 23.2 Å². The van der Waals surface area contributed by atoms with Crippen molar-refractivity contribution in [2.75, 3.05) is 18.0 Å².